The highest BCUT2D eigenvalue weighted by Gasteiger charge is 2.14. The van der Waals surface area contributed by atoms with Crippen LogP contribution in [0.25, 0.3) is 0 Å². The molecule has 2 aromatic rings. The summed E-state index contributed by atoms with van der Waals surface area (Å²) in [6.07, 6.45) is 9.45. The highest BCUT2D eigenvalue weighted by atomic mass is 16.2. The van der Waals surface area contributed by atoms with Gasteiger partial charge in [-0.25, -0.2) is 4.79 Å². The Morgan fingerprint density at radius 1 is 0.931 bits per heavy atom. The predicted molar refractivity (Wildman–Crippen MR) is 122 cm³/mol. The second-order valence-electron chi connectivity index (χ2n) is 8.91. The number of nitrogens with one attached hydrogen (secondary N) is 2. The van der Waals surface area contributed by atoms with Crippen LogP contribution in [-0.2, 0) is 19.3 Å². The number of amides is 2. The molecule has 0 bridgehead atoms. The van der Waals surface area contributed by atoms with Crippen molar-refractivity contribution >= 4 is 11.7 Å². The molecule has 29 heavy (non-hydrogen) atoms. The SMILES string of the molecule is CC(C)Cc1ccc(CCc2ccccc2NC(=O)NCC2CCCCC2)cc1. The Labute approximate surface area is 176 Å². The Kier molecular flexibility index (Phi) is 8.15. The summed E-state index contributed by atoms with van der Waals surface area (Å²) < 4.78 is 0. The third-order valence-corrected chi connectivity index (χ3v) is 5.89. The molecule has 3 nitrogen and oxygen atoms in total. The molecule has 0 aromatic heterocycles. The van der Waals surface area contributed by atoms with Crippen LogP contribution in [0.15, 0.2) is 48.5 Å². The van der Waals surface area contributed by atoms with Gasteiger partial charge in [0.25, 0.3) is 0 Å². The molecular formula is C26H36N2O. The first-order valence-corrected chi connectivity index (χ1v) is 11.3. The van der Waals surface area contributed by atoms with Gasteiger partial charge < -0.3 is 10.6 Å². The smallest absolute Gasteiger partial charge is 0.319 e. The molecule has 0 aliphatic heterocycles. The van der Waals surface area contributed by atoms with E-state index < -0.39 is 0 Å². The number of para-hydroxylation sites is 1. The van der Waals surface area contributed by atoms with Crippen LogP contribution in [-0.4, -0.2) is 12.6 Å². The fourth-order valence-electron chi connectivity index (χ4n) is 4.25. The van der Waals surface area contributed by atoms with Gasteiger partial charge in [0.05, 0.1) is 0 Å². The van der Waals surface area contributed by atoms with Crippen LogP contribution >= 0.6 is 0 Å². The number of benzene rings is 2. The molecule has 2 amide bonds. The Bertz CT molecular complexity index is 761. The van der Waals surface area contributed by atoms with Gasteiger partial charge >= 0.3 is 6.03 Å². The molecule has 0 atom stereocenters. The van der Waals surface area contributed by atoms with Crippen LogP contribution < -0.4 is 10.6 Å². The zero-order valence-corrected chi connectivity index (χ0v) is 18.0. The fraction of sp³-hybridized carbons (Fsp3) is 0.500. The quantitative estimate of drug-likeness (QED) is 0.538. The van der Waals surface area contributed by atoms with Crippen molar-refractivity contribution in [3.63, 3.8) is 0 Å². The molecule has 1 saturated carbocycles. The molecule has 1 aliphatic rings. The molecule has 3 heteroatoms. The average molecular weight is 393 g/mol. The lowest BCUT2D eigenvalue weighted by Crippen LogP contribution is -2.34. The number of urea groups is 1. The number of rotatable bonds is 8. The number of hydrogen-bond acceptors (Lipinski definition) is 1. The minimum Gasteiger partial charge on any atom is -0.338 e. The maximum absolute atomic E-state index is 12.4. The van der Waals surface area contributed by atoms with Crippen molar-refractivity contribution in [1.29, 1.82) is 0 Å². The standard InChI is InChI=1S/C26H36N2O/c1-20(2)18-22-14-12-21(13-15-22)16-17-24-10-6-7-11-25(24)28-26(29)27-19-23-8-4-3-5-9-23/h6-7,10-15,20,23H,3-5,8-9,16-19H2,1-2H3,(H2,27,28,29). The summed E-state index contributed by atoms with van der Waals surface area (Å²) in [7, 11) is 0. The Hall–Kier alpha value is -2.29. The zero-order valence-electron chi connectivity index (χ0n) is 18.0. The maximum Gasteiger partial charge on any atom is 0.319 e. The summed E-state index contributed by atoms with van der Waals surface area (Å²) in [6.45, 7) is 5.29. The van der Waals surface area contributed by atoms with E-state index >= 15 is 0 Å². The first-order chi connectivity index (χ1) is 14.1. The van der Waals surface area contributed by atoms with E-state index in [0.29, 0.717) is 11.8 Å². The number of hydrogen-bond donors (Lipinski definition) is 2. The second kappa shape index (κ2) is 11.0. The van der Waals surface area contributed by atoms with E-state index in [9.17, 15) is 4.79 Å². The third kappa shape index (κ3) is 7.23. The number of carbonyl (C=O) groups excluding carboxylic acids is 1. The summed E-state index contributed by atoms with van der Waals surface area (Å²) in [5.41, 5.74) is 4.85. The summed E-state index contributed by atoms with van der Waals surface area (Å²) in [4.78, 5) is 12.4. The van der Waals surface area contributed by atoms with E-state index in [1.165, 1.54) is 48.8 Å². The topological polar surface area (TPSA) is 41.1 Å². The van der Waals surface area contributed by atoms with Gasteiger partial charge in [-0.2, -0.15) is 0 Å². The van der Waals surface area contributed by atoms with Gasteiger partial charge in [0.1, 0.15) is 0 Å². The summed E-state index contributed by atoms with van der Waals surface area (Å²) in [5, 5.41) is 6.14. The zero-order chi connectivity index (χ0) is 20.5. The first-order valence-electron chi connectivity index (χ1n) is 11.3. The first kappa shape index (κ1) is 21.4. The molecule has 2 aromatic carbocycles. The minimum absolute atomic E-state index is 0.0824. The van der Waals surface area contributed by atoms with Crippen LogP contribution in [0, 0.1) is 11.8 Å². The number of anilines is 1. The van der Waals surface area contributed by atoms with Gasteiger partial charge in [0, 0.05) is 12.2 Å². The Morgan fingerprint density at radius 3 is 2.34 bits per heavy atom. The van der Waals surface area contributed by atoms with Crippen molar-refractivity contribution in [3.8, 4) is 0 Å². The van der Waals surface area contributed by atoms with E-state index in [2.05, 4.69) is 54.8 Å². The highest BCUT2D eigenvalue weighted by molar-refractivity contribution is 5.90. The third-order valence-electron chi connectivity index (χ3n) is 5.89. The molecule has 0 saturated heterocycles. The van der Waals surface area contributed by atoms with E-state index in [1.807, 2.05) is 18.2 Å². The molecule has 0 heterocycles. The van der Waals surface area contributed by atoms with E-state index in [4.69, 9.17) is 0 Å². The predicted octanol–water partition coefficient (Wildman–Crippen LogP) is 6.37. The van der Waals surface area contributed by atoms with Crippen molar-refractivity contribution in [2.75, 3.05) is 11.9 Å². The maximum atomic E-state index is 12.4. The van der Waals surface area contributed by atoms with Crippen molar-refractivity contribution < 1.29 is 4.79 Å². The van der Waals surface area contributed by atoms with Crippen LogP contribution in [0.5, 0.6) is 0 Å². The van der Waals surface area contributed by atoms with Crippen molar-refractivity contribution in [3.05, 3.63) is 65.2 Å². The van der Waals surface area contributed by atoms with Gasteiger partial charge in [0.15, 0.2) is 0 Å². The van der Waals surface area contributed by atoms with E-state index in [0.717, 1.165) is 31.5 Å². The Balaban J connectivity index is 1.51. The van der Waals surface area contributed by atoms with Gasteiger partial charge in [-0.05, 0) is 66.7 Å². The van der Waals surface area contributed by atoms with Crippen LogP contribution in [0.1, 0.15) is 62.6 Å². The van der Waals surface area contributed by atoms with Gasteiger partial charge in [-0.15, -0.1) is 0 Å². The summed E-state index contributed by atoms with van der Waals surface area (Å²) >= 11 is 0. The summed E-state index contributed by atoms with van der Waals surface area (Å²) in [5.74, 6) is 1.33. The monoisotopic (exact) mass is 392 g/mol. The molecule has 0 radical (unpaired) electrons. The Morgan fingerprint density at radius 2 is 1.62 bits per heavy atom. The molecule has 2 N–H and O–H groups in total. The molecule has 3 rings (SSSR count). The molecule has 156 valence electrons. The lowest BCUT2D eigenvalue weighted by atomic mass is 9.89. The molecule has 1 fully saturated rings. The van der Waals surface area contributed by atoms with Crippen molar-refractivity contribution in [2.24, 2.45) is 11.8 Å². The van der Waals surface area contributed by atoms with Crippen LogP contribution in [0.4, 0.5) is 10.5 Å². The fourth-order valence-corrected chi connectivity index (χ4v) is 4.25. The number of carbonyl (C=O) groups is 1. The lowest BCUT2D eigenvalue weighted by Gasteiger charge is -2.22. The largest absolute Gasteiger partial charge is 0.338 e. The minimum atomic E-state index is -0.0824. The van der Waals surface area contributed by atoms with E-state index in [-0.39, 0.29) is 6.03 Å². The lowest BCUT2D eigenvalue weighted by molar-refractivity contribution is 0.247. The van der Waals surface area contributed by atoms with Crippen molar-refractivity contribution in [1.82, 2.24) is 5.32 Å². The van der Waals surface area contributed by atoms with Crippen molar-refractivity contribution in [2.45, 2.75) is 65.2 Å². The average Bonchev–Trinajstić information content (AvgIpc) is 2.73. The van der Waals surface area contributed by atoms with Crippen LogP contribution in [0.3, 0.4) is 0 Å². The van der Waals surface area contributed by atoms with E-state index in [1.54, 1.807) is 0 Å². The van der Waals surface area contributed by atoms with Gasteiger partial charge in [-0.1, -0.05) is 75.6 Å². The number of aryl methyl sites for hydroxylation is 2. The second-order valence-corrected chi connectivity index (χ2v) is 8.91. The molecule has 0 spiro atoms. The van der Waals surface area contributed by atoms with Gasteiger partial charge in [-0.3, -0.25) is 0 Å². The van der Waals surface area contributed by atoms with Crippen LogP contribution in [0.2, 0.25) is 0 Å². The summed E-state index contributed by atoms with van der Waals surface area (Å²) in [6, 6.07) is 17.0. The highest BCUT2D eigenvalue weighted by Crippen LogP contribution is 2.23. The van der Waals surface area contributed by atoms with Gasteiger partial charge in [0.2, 0.25) is 0 Å². The normalized spacial score (nSPS) is 14.7. The molecular weight excluding hydrogens is 356 g/mol. The molecule has 0 unspecified atom stereocenters. The molecule has 1 aliphatic carbocycles.